The topological polar surface area (TPSA) is 55.1 Å². The van der Waals surface area contributed by atoms with Crippen LogP contribution in [0.4, 0.5) is 15.8 Å². The minimum absolute atomic E-state index is 0.0205. The van der Waals surface area contributed by atoms with Crippen LogP contribution in [0.5, 0.6) is 0 Å². The number of carbonyl (C=O) groups is 1. The lowest BCUT2D eigenvalue weighted by atomic mass is 10.1. The number of nitrogens with two attached hydrogens (primary N) is 1. The second-order valence-corrected chi connectivity index (χ2v) is 4.54. The predicted molar refractivity (Wildman–Crippen MR) is 75.0 cm³/mol. The van der Waals surface area contributed by atoms with Crippen molar-refractivity contribution >= 4 is 28.9 Å². The van der Waals surface area contributed by atoms with Gasteiger partial charge in [-0.1, -0.05) is 23.7 Å². The van der Waals surface area contributed by atoms with Crippen LogP contribution >= 0.6 is 11.6 Å². The van der Waals surface area contributed by atoms with Crippen LogP contribution in [0.3, 0.4) is 0 Å². The first-order valence-corrected chi connectivity index (χ1v) is 5.98. The molecule has 5 heteroatoms. The van der Waals surface area contributed by atoms with E-state index >= 15 is 0 Å². The summed E-state index contributed by atoms with van der Waals surface area (Å²) in [6.07, 6.45) is 0. The summed E-state index contributed by atoms with van der Waals surface area (Å²) < 4.78 is 13.8. The van der Waals surface area contributed by atoms with Gasteiger partial charge < -0.3 is 11.1 Å². The Morgan fingerprint density at radius 2 is 2.05 bits per heavy atom. The summed E-state index contributed by atoms with van der Waals surface area (Å²) in [7, 11) is 0. The Kier molecular flexibility index (Phi) is 3.71. The summed E-state index contributed by atoms with van der Waals surface area (Å²) in [5, 5.41) is 2.86. The maximum atomic E-state index is 13.8. The van der Waals surface area contributed by atoms with Crippen LogP contribution in [-0.2, 0) is 0 Å². The van der Waals surface area contributed by atoms with E-state index in [-0.39, 0.29) is 5.56 Å². The van der Waals surface area contributed by atoms with Gasteiger partial charge in [0.25, 0.3) is 5.91 Å². The molecule has 0 saturated heterocycles. The van der Waals surface area contributed by atoms with Crippen molar-refractivity contribution in [3.8, 4) is 0 Å². The van der Waals surface area contributed by atoms with Gasteiger partial charge in [-0.05, 0) is 36.8 Å². The zero-order chi connectivity index (χ0) is 14.0. The molecule has 0 fully saturated rings. The van der Waals surface area contributed by atoms with E-state index in [0.717, 1.165) is 0 Å². The highest BCUT2D eigenvalue weighted by atomic mass is 35.5. The zero-order valence-corrected chi connectivity index (χ0v) is 11.0. The fourth-order valence-corrected chi connectivity index (χ4v) is 1.88. The third-order valence-electron chi connectivity index (χ3n) is 2.68. The molecular weight excluding hydrogens is 267 g/mol. The van der Waals surface area contributed by atoms with Crippen molar-refractivity contribution in [3.05, 3.63) is 58.4 Å². The molecule has 0 aliphatic rings. The Morgan fingerprint density at radius 3 is 2.74 bits per heavy atom. The lowest BCUT2D eigenvalue weighted by Gasteiger charge is -2.09. The Morgan fingerprint density at radius 1 is 1.32 bits per heavy atom. The second kappa shape index (κ2) is 5.28. The summed E-state index contributed by atoms with van der Waals surface area (Å²) >= 11 is 5.94. The highest BCUT2D eigenvalue weighted by molar-refractivity contribution is 6.34. The first-order chi connectivity index (χ1) is 8.99. The van der Waals surface area contributed by atoms with Gasteiger partial charge in [0.05, 0.1) is 16.3 Å². The van der Waals surface area contributed by atoms with Crippen molar-refractivity contribution in [3.63, 3.8) is 0 Å². The minimum Gasteiger partial charge on any atom is -0.399 e. The molecule has 0 unspecified atom stereocenters. The molecule has 2 rings (SSSR count). The van der Waals surface area contributed by atoms with Crippen molar-refractivity contribution in [1.82, 2.24) is 0 Å². The van der Waals surface area contributed by atoms with Crippen molar-refractivity contribution in [2.24, 2.45) is 0 Å². The molecule has 3 N–H and O–H groups in total. The van der Waals surface area contributed by atoms with Crippen molar-refractivity contribution in [2.45, 2.75) is 6.92 Å². The van der Waals surface area contributed by atoms with Gasteiger partial charge in [0.1, 0.15) is 5.82 Å². The minimum atomic E-state index is -0.548. The summed E-state index contributed by atoms with van der Waals surface area (Å²) in [6, 6.07) is 9.34. The molecule has 1 amide bonds. The number of rotatable bonds is 2. The maximum absolute atomic E-state index is 13.8. The fraction of sp³-hybridized carbons (Fsp3) is 0.0714. The molecule has 0 radical (unpaired) electrons. The maximum Gasteiger partial charge on any atom is 0.258 e. The third-order valence-corrected chi connectivity index (χ3v) is 2.99. The van der Waals surface area contributed by atoms with Crippen molar-refractivity contribution in [2.75, 3.05) is 11.1 Å². The molecule has 0 aromatic heterocycles. The molecule has 19 heavy (non-hydrogen) atoms. The van der Waals surface area contributed by atoms with E-state index in [1.54, 1.807) is 31.2 Å². The van der Waals surface area contributed by atoms with Gasteiger partial charge >= 0.3 is 0 Å². The number of hydrogen-bond donors (Lipinski definition) is 2. The first kappa shape index (κ1) is 13.4. The lowest BCUT2D eigenvalue weighted by molar-refractivity contribution is 0.102. The molecule has 0 heterocycles. The zero-order valence-electron chi connectivity index (χ0n) is 10.2. The van der Waals surface area contributed by atoms with Crippen LogP contribution in [-0.4, -0.2) is 5.91 Å². The molecule has 3 nitrogen and oxygen atoms in total. The van der Waals surface area contributed by atoms with Gasteiger partial charge in [-0.3, -0.25) is 4.79 Å². The summed E-state index contributed by atoms with van der Waals surface area (Å²) in [4.78, 5) is 12.0. The normalized spacial score (nSPS) is 10.3. The number of halogens is 2. The number of benzene rings is 2. The average Bonchev–Trinajstić information content (AvgIpc) is 2.36. The summed E-state index contributed by atoms with van der Waals surface area (Å²) in [5.74, 6) is -1.08. The highest BCUT2D eigenvalue weighted by Crippen LogP contribution is 2.25. The molecule has 0 aliphatic heterocycles. The second-order valence-electron chi connectivity index (χ2n) is 4.13. The molecule has 0 bridgehead atoms. The van der Waals surface area contributed by atoms with E-state index in [1.165, 1.54) is 12.1 Å². The first-order valence-electron chi connectivity index (χ1n) is 5.60. The highest BCUT2D eigenvalue weighted by Gasteiger charge is 2.14. The number of anilines is 2. The molecular formula is C14H12ClFN2O. The summed E-state index contributed by atoms with van der Waals surface area (Å²) in [5.41, 5.74) is 6.83. The monoisotopic (exact) mass is 278 g/mol. The van der Waals surface area contributed by atoms with E-state index in [4.69, 9.17) is 17.3 Å². The fourth-order valence-electron chi connectivity index (χ4n) is 1.65. The van der Waals surface area contributed by atoms with E-state index in [9.17, 15) is 9.18 Å². The molecule has 0 aliphatic carbocycles. The predicted octanol–water partition coefficient (Wildman–Crippen LogP) is 3.62. The number of nitrogen functional groups attached to an aromatic ring is 1. The lowest BCUT2D eigenvalue weighted by Crippen LogP contribution is -2.14. The number of aryl methyl sites for hydroxylation is 1. The molecule has 2 aromatic carbocycles. The Balaban J connectivity index is 2.28. The molecule has 0 saturated carbocycles. The van der Waals surface area contributed by atoms with E-state index in [2.05, 4.69) is 5.32 Å². The van der Waals surface area contributed by atoms with Crippen molar-refractivity contribution < 1.29 is 9.18 Å². The van der Waals surface area contributed by atoms with Gasteiger partial charge in [0.15, 0.2) is 0 Å². The van der Waals surface area contributed by atoms with Gasteiger partial charge in [0.2, 0.25) is 0 Å². The number of nitrogens with one attached hydrogen (secondary N) is 1. The number of amides is 1. The van der Waals surface area contributed by atoms with Crippen LogP contribution in [0.15, 0.2) is 36.4 Å². The van der Waals surface area contributed by atoms with E-state index < -0.39 is 11.7 Å². The smallest absolute Gasteiger partial charge is 0.258 e. The van der Waals surface area contributed by atoms with Crippen LogP contribution in [0.1, 0.15) is 15.9 Å². The van der Waals surface area contributed by atoms with E-state index in [0.29, 0.717) is 22.0 Å². The largest absolute Gasteiger partial charge is 0.399 e. The van der Waals surface area contributed by atoms with Gasteiger partial charge in [0, 0.05) is 5.69 Å². The van der Waals surface area contributed by atoms with Crippen LogP contribution in [0.2, 0.25) is 5.02 Å². The Bertz CT molecular complexity index is 643. The SMILES string of the molecule is Cc1cccc(C(=O)Nc2ccc(N)cc2Cl)c1F. The number of hydrogen-bond acceptors (Lipinski definition) is 2. The van der Waals surface area contributed by atoms with Gasteiger partial charge in [-0.25, -0.2) is 4.39 Å². The van der Waals surface area contributed by atoms with Crippen LogP contribution in [0, 0.1) is 12.7 Å². The quantitative estimate of drug-likeness (QED) is 0.824. The Labute approximate surface area is 115 Å². The molecule has 0 atom stereocenters. The molecule has 2 aromatic rings. The number of carbonyl (C=O) groups excluding carboxylic acids is 1. The molecule has 0 spiro atoms. The van der Waals surface area contributed by atoms with Gasteiger partial charge in [-0.15, -0.1) is 0 Å². The Hall–Kier alpha value is -2.07. The van der Waals surface area contributed by atoms with Crippen molar-refractivity contribution in [1.29, 1.82) is 0 Å². The standard InChI is InChI=1S/C14H12ClFN2O/c1-8-3-2-4-10(13(8)16)14(19)18-12-6-5-9(17)7-11(12)15/h2-7H,17H2,1H3,(H,18,19). The van der Waals surface area contributed by atoms with Gasteiger partial charge in [-0.2, -0.15) is 0 Å². The average molecular weight is 279 g/mol. The van der Waals surface area contributed by atoms with E-state index in [1.807, 2.05) is 0 Å². The van der Waals surface area contributed by atoms with Crippen LogP contribution < -0.4 is 11.1 Å². The third kappa shape index (κ3) is 2.85. The van der Waals surface area contributed by atoms with Crippen LogP contribution in [0.25, 0.3) is 0 Å². The molecule has 98 valence electrons. The summed E-state index contributed by atoms with van der Waals surface area (Å²) in [6.45, 7) is 1.60.